The van der Waals surface area contributed by atoms with Crippen LogP contribution in [0.5, 0.6) is 0 Å². The molecule has 0 saturated heterocycles. The zero-order valence-electron chi connectivity index (χ0n) is 16.1. The van der Waals surface area contributed by atoms with E-state index in [4.69, 9.17) is 0 Å². The van der Waals surface area contributed by atoms with E-state index in [9.17, 15) is 4.79 Å². The Bertz CT molecular complexity index is 1080. The van der Waals surface area contributed by atoms with Crippen molar-refractivity contribution < 1.29 is 4.79 Å². The molecular weight excluding hydrogens is 362 g/mol. The lowest BCUT2D eigenvalue weighted by atomic mass is 10.1. The van der Waals surface area contributed by atoms with Crippen LogP contribution < -0.4 is 4.90 Å². The number of amides is 1. The topological polar surface area (TPSA) is 63.9 Å². The van der Waals surface area contributed by atoms with Crippen molar-refractivity contribution in [2.75, 3.05) is 11.4 Å². The van der Waals surface area contributed by atoms with Crippen LogP contribution in [0.1, 0.15) is 21.5 Å². The van der Waals surface area contributed by atoms with E-state index >= 15 is 0 Å². The van der Waals surface area contributed by atoms with Crippen molar-refractivity contribution in [2.45, 2.75) is 13.3 Å². The Hall–Kier alpha value is -3.80. The van der Waals surface area contributed by atoms with E-state index in [-0.39, 0.29) is 5.91 Å². The van der Waals surface area contributed by atoms with Crippen molar-refractivity contribution in [3.63, 3.8) is 0 Å². The minimum atomic E-state index is -0.0292. The van der Waals surface area contributed by atoms with Crippen LogP contribution in [0.3, 0.4) is 0 Å². The number of tetrazole rings is 1. The number of carbonyl (C=O) groups excluding carboxylic acids is 1. The maximum atomic E-state index is 13.4. The van der Waals surface area contributed by atoms with Gasteiger partial charge in [-0.2, -0.15) is 0 Å². The molecule has 0 bridgehead atoms. The van der Waals surface area contributed by atoms with Gasteiger partial charge in [0.15, 0.2) is 0 Å². The summed E-state index contributed by atoms with van der Waals surface area (Å²) in [4.78, 5) is 15.2. The Labute approximate surface area is 169 Å². The highest BCUT2D eigenvalue weighted by molar-refractivity contribution is 6.06. The first-order valence-corrected chi connectivity index (χ1v) is 9.47. The molecule has 4 rings (SSSR count). The monoisotopic (exact) mass is 383 g/mol. The van der Waals surface area contributed by atoms with Crippen LogP contribution in [0.4, 0.5) is 5.69 Å². The van der Waals surface area contributed by atoms with Crippen LogP contribution >= 0.6 is 0 Å². The van der Waals surface area contributed by atoms with E-state index in [2.05, 4.69) is 27.7 Å². The molecule has 1 aromatic heterocycles. The molecule has 1 heterocycles. The number of benzene rings is 3. The first kappa shape index (κ1) is 18.6. The number of hydrogen-bond donors (Lipinski definition) is 0. The predicted molar refractivity (Wildman–Crippen MR) is 112 cm³/mol. The summed E-state index contributed by atoms with van der Waals surface area (Å²) in [5.74, 6) is -0.0292. The number of nitrogens with zero attached hydrogens (tertiary/aromatic N) is 5. The second-order valence-electron chi connectivity index (χ2n) is 6.78. The van der Waals surface area contributed by atoms with Crippen molar-refractivity contribution in [3.8, 4) is 5.69 Å². The molecule has 0 fully saturated rings. The molecule has 6 heteroatoms. The number of aromatic nitrogens is 4. The SMILES string of the molecule is Cc1cc(C(=O)N(CCc2ccccc2)c2ccccc2)ccc1-n1cnnn1. The molecule has 4 aromatic rings. The molecule has 3 aromatic carbocycles. The Kier molecular flexibility index (Phi) is 5.42. The van der Waals surface area contributed by atoms with Crippen LogP contribution in [0.15, 0.2) is 85.2 Å². The van der Waals surface area contributed by atoms with Crippen molar-refractivity contribution in [1.29, 1.82) is 0 Å². The highest BCUT2D eigenvalue weighted by Crippen LogP contribution is 2.21. The van der Waals surface area contributed by atoms with Crippen LogP contribution in [0.2, 0.25) is 0 Å². The minimum absolute atomic E-state index is 0.0292. The van der Waals surface area contributed by atoms with Gasteiger partial charge in [0.25, 0.3) is 5.91 Å². The Morgan fingerprint density at radius 1 is 0.966 bits per heavy atom. The van der Waals surface area contributed by atoms with Crippen LogP contribution in [0.25, 0.3) is 5.69 Å². The van der Waals surface area contributed by atoms with E-state index in [0.717, 1.165) is 23.4 Å². The normalized spacial score (nSPS) is 10.7. The number of carbonyl (C=O) groups is 1. The van der Waals surface area contributed by atoms with Gasteiger partial charge < -0.3 is 4.90 Å². The Morgan fingerprint density at radius 2 is 1.69 bits per heavy atom. The summed E-state index contributed by atoms with van der Waals surface area (Å²) in [5.41, 5.74) is 4.50. The highest BCUT2D eigenvalue weighted by Gasteiger charge is 2.18. The smallest absolute Gasteiger partial charge is 0.258 e. The number of anilines is 1. The van der Waals surface area contributed by atoms with Gasteiger partial charge in [0.2, 0.25) is 0 Å². The molecule has 0 atom stereocenters. The molecule has 0 radical (unpaired) electrons. The lowest BCUT2D eigenvalue weighted by Crippen LogP contribution is -2.33. The minimum Gasteiger partial charge on any atom is -0.308 e. The van der Waals surface area contributed by atoms with Crippen molar-refractivity contribution >= 4 is 11.6 Å². The average Bonchev–Trinajstić information content (AvgIpc) is 3.30. The van der Waals surface area contributed by atoms with Gasteiger partial charge in [-0.3, -0.25) is 4.79 Å². The summed E-state index contributed by atoms with van der Waals surface area (Å²) in [7, 11) is 0. The third kappa shape index (κ3) is 4.21. The molecule has 0 saturated carbocycles. The van der Waals surface area contributed by atoms with E-state index in [1.54, 1.807) is 11.0 Å². The molecule has 29 heavy (non-hydrogen) atoms. The summed E-state index contributed by atoms with van der Waals surface area (Å²) in [5, 5.41) is 11.3. The summed E-state index contributed by atoms with van der Waals surface area (Å²) in [6.45, 7) is 2.55. The van der Waals surface area contributed by atoms with Gasteiger partial charge in [-0.25, -0.2) is 4.68 Å². The highest BCUT2D eigenvalue weighted by atomic mass is 16.2. The summed E-state index contributed by atoms with van der Waals surface area (Å²) >= 11 is 0. The first-order valence-electron chi connectivity index (χ1n) is 9.47. The van der Waals surface area contributed by atoms with Gasteiger partial charge in [0, 0.05) is 17.8 Å². The van der Waals surface area contributed by atoms with Gasteiger partial charge >= 0.3 is 0 Å². The van der Waals surface area contributed by atoms with E-state index in [0.29, 0.717) is 12.1 Å². The number of hydrogen-bond acceptors (Lipinski definition) is 4. The molecule has 0 N–H and O–H groups in total. The van der Waals surface area contributed by atoms with Gasteiger partial charge in [-0.1, -0.05) is 48.5 Å². The van der Waals surface area contributed by atoms with E-state index in [1.165, 1.54) is 5.56 Å². The van der Waals surface area contributed by atoms with Gasteiger partial charge in [0.05, 0.1) is 5.69 Å². The third-order valence-electron chi connectivity index (χ3n) is 4.82. The fourth-order valence-electron chi connectivity index (χ4n) is 3.31. The molecule has 0 aliphatic rings. The molecule has 0 aliphatic heterocycles. The molecule has 6 nitrogen and oxygen atoms in total. The second kappa shape index (κ2) is 8.48. The van der Waals surface area contributed by atoms with Gasteiger partial charge in [0.1, 0.15) is 6.33 Å². The van der Waals surface area contributed by atoms with E-state index < -0.39 is 0 Å². The summed E-state index contributed by atoms with van der Waals surface area (Å²) in [6, 6.07) is 25.6. The third-order valence-corrected chi connectivity index (χ3v) is 4.82. The lowest BCUT2D eigenvalue weighted by Gasteiger charge is -2.23. The zero-order chi connectivity index (χ0) is 20.1. The van der Waals surface area contributed by atoms with E-state index in [1.807, 2.05) is 78.6 Å². The Balaban J connectivity index is 1.61. The quantitative estimate of drug-likeness (QED) is 0.507. The van der Waals surface area contributed by atoms with Crippen LogP contribution in [0, 0.1) is 6.92 Å². The van der Waals surface area contributed by atoms with Crippen molar-refractivity contribution in [2.24, 2.45) is 0 Å². The molecular formula is C23H21N5O. The summed E-state index contributed by atoms with van der Waals surface area (Å²) < 4.78 is 1.59. The second-order valence-corrected chi connectivity index (χ2v) is 6.78. The van der Waals surface area contributed by atoms with Crippen molar-refractivity contribution in [1.82, 2.24) is 20.2 Å². The maximum absolute atomic E-state index is 13.4. The van der Waals surface area contributed by atoms with Gasteiger partial charge in [-0.05, 0) is 65.2 Å². The maximum Gasteiger partial charge on any atom is 0.258 e. The average molecular weight is 383 g/mol. The number of para-hydroxylation sites is 1. The van der Waals surface area contributed by atoms with Gasteiger partial charge in [-0.15, -0.1) is 5.10 Å². The molecule has 1 amide bonds. The summed E-state index contributed by atoms with van der Waals surface area (Å²) in [6.07, 6.45) is 2.32. The van der Waals surface area contributed by atoms with Crippen LogP contribution in [-0.4, -0.2) is 32.7 Å². The Morgan fingerprint density at radius 3 is 2.34 bits per heavy atom. The van der Waals surface area contributed by atoms with Crippen molar-refractivity contribution in [3.05, 3.63) is 102 Å². The molecule has 144 valence electrons. The zero-order valence-corrected chi connectivity index (χ0v) is 16.1. The number of aryl methyl sites for hydroxylation is 1. The molecule has 0 unspecified atom stereocenters. The molecule has 0 spiro atoms. The predicted octanol–water partition coefficient (Wildman–Crippen LogP) is 3.86. The fourth-order valence-corrected chi connectivity index (χ4v) is 3.31. The fraction of sp³-hybridized carbons (Fsp3) is 0.130. The largest absolute Gasteiger partial charge is 0.308 e. The van der Waals surface area contributed by atoms with Crippen LogP contribution in [-0.2, 0) is 6.42 Å². The molecule has 0 aliphatic carbocycles. The first-order chi connectivity index (χ1) is 14.2. The number of rotatable bonds is 6. The standard InChI is InChI=1S/C23H21N5O/c1-18-16-20(12-13-22(18)28-17-24-25-26-28)23(29)27(21-10-6-3-7-11-21)15-14-19-8-4-2-5-9-19/h2-13,16-17H,14-15H2,1H3. The lowest BCUT2D eigenvalue weighted by molar-refractivity contribution is 0.0987.